The third-order valence-electron chi connectivity index (χ3n) is 4.16. The average molecular weight is 298 g/mol. The first-order valence-corrected chi connectivity index (χ1v) is 7.87. The summed E-state index contributed by atoms with van der Waals surface area (Å²) >= 11 is 0. The van der Waals surface area contributed by atoms with Crippen molar-refractivity contribution in [3.8, 4) is 0 Å². The van der Waals surface area contributed by atoms with Crippen LogP contribution in [0.3, 0.4) is 0 Å². The number of carbonyl (C=O) groups is 1. The van der Waals surface area contributed by atoms with Gasteiger partial charge in [0.1, 0.15) is 0 Å². The maximum absolute atomic E-state index is 12.1. The first-order chi connectivity index (χ1) is 10.7. The Morgan fingerprint density at radius 2 is 1.86 bits per heavy atom. The van der Waals surface area contributed by atoms with Gasteiger partial charge < -0.3 is 14.2 Å². The molecule has 1 saturated heterocycles. The number of furan rings is 1. The molecule has 0 atom stereocenters. The molecule has 0 unspecified atom stereocenters. The van der Waals surface area contributed by atoms with Crippen LogP contribution in [0.5, 0.6) is 0 Å². The van der Waals surface area contributed by atoms with Crippen molar-refractivity contribution in [3.63, 3.8) is 0 Å². The van der Waals surface area contributed by atoms with E-state index in [0.29, 0.717) is 12.3 Å². The zero-order valence-electron chi connectivity index (χ0n) is 13.0. The van der Waals surface area contributed by atoms with Crippen LogP contribution in [0.2, 0.25) is 0 Å². The summed E-state index contributed by atoms with van der Waals surface area (Å²) in [6.07, 6.45) is 5.42. The van der Waals surface area contributed by atoms with Crippen molar-refractivity contribution in [3.05, 3.63) is 54.0 Å². The number of piperidine rings is 1. The Bertz CT molecular complexity index is 599. The summed E-state index contributed by atoms with van der Waals surface area (Å²) in [6, 6.07) is 12.0. The van der Waals surface area contributed by atoms with Gasteiger partial charge in [0.15, 0.2) is 5.76 Å². The standard InChI is InChI=1S/C18H22N2O2/c1-19(18(21)17-6-5-13-22-17)14-15-7-9-16(10-8-15)20-11-3-2-4-12-20/h5-10,13H,2-4,11-12,14H2,1H3. The fraction of sp³-hybridized carbons (Fsp3) is 0.389. The lowest BCUT2D eigenvalue weighted by Gasteiger charge is -2.29. The van der Waals surface area contributed by atoms with E-state index in [9.17, 15) is 4.79 Å². The summed E-state index contributed by atoms with van der Waals surface area (Å²) in [4.78, 5) is 16.3. The molecule has 3 rings (SSSR count). The van der Waals surface area contributed by atoms with Crippen LogP contribution in [-0.4, -0.2) is 30.9 Å². The van der Waals surface area contributed by atoms with Crippen LogP contribution in [0, 0.1) is 0 Å². The van der Waals surface area contributed by atoms with Crippen LogP contribution in [-0.2, 0) is 6.54 Å². The summed E-state index contributed by atoms with van der Waals surface area (Å²) < 4.78 is 5.15. The van der Waals surface area contributed by atoms with Crippen molar-refractivity contribution in [2.75, 3.05) is 25.0 Å². The Labute approximate surface area is 131 Å². The van der Waals surface area contributed by atoms with E-state index < -0.39 is 0 Å². The van der Waals surface area contributed by atoms with E-state index in [0.717, 1.165) is 18.7 Å². The third-order valence-corrected chi connectivity index (χ3v) is 4.16. The van der Waals surface area contributed by atoms with Crippen molar-refractivity contribution in [2.24, 2.45) is 0 Å². The fourth-order valence-electron chi connectivity index (χ4n) is 2.90. The summed E-state index contributed by atoms with van der Waals surface area (Å²) in [5.74, 6) is 0.289. The smallest absolute Gasteiger partial charge is 0.289 e. The van der Waals surface area contributed by atoms with Crippen LogP contribution in [0.1, 0.15) is 35.4 Å². The Morgan fingerprint density at radius 1 is 1.14 bits per heavy atom. The number of hydrogen-bond acceptors (Lipinski definition) is 3. The van der Waals surface area contributed by atoms with Gasteiger partial charge >= 0.3 is 0 Å². The van der Waals surface area contributed by atoms with Gasteiger partial charge in [0.2, 0.25) is 0 Å². The Morgan fingerprint density at radius 3 is 2.50 bits per heavy atom. The van der Waals surface area contributed by atoms with Crippen LogP contribution in [0.4, 0.5) is 5.69 Å². The number of benzene rings is 1. The molecule has 1 aromatic heterocycles. The minimum atomic E-state index is -0.0925. The van der Waals surface area contributed by atoms with Gasteiger partial charge in [-0.3, -0.25) is 4.79 Å². The van der Waals surface area contributed by atoms with Crippen molar-refractivity contribution >= 4 is 11.6 Å². The Balaban J connectivity index is 1.62. The number of amides is 1. The van der Waals surface area contributed by atoms with Crippen molar-refractivity contribution in [1.29, 1.82) is 0 Å². The van der Waals surface area contributed by atoms with Gasteiger partial charge in [-0.2, -0.15) is 0 Å². The van der Waals surface area contributed by atoms with Crippen molar-refractivity contribution < 1.29 is 9.21 Å². The molecule has 2 aromatic rings. The number of rotatable bonds is 4. The number of anilines is 1. The Kier molecular flexibility index (Phi) is 4.47. The second-order valence-electron chi connectivity index (χ2n) is 5.85. The zero-order valence-corrected chi connectivity index (χ0v) is 13.0. The highest BCUT2D eigenvalue weighted by Crippen LogP contribution is 2.20. The molecule has 4 nitrogen and oxygen atoms in total. The maximum Gasteiger partial charge on any atom is 0.289 e. The third kappa shape index (κ3) is 3.32. The second kappa shape index (κ2) is 6.69. The van der Waals surface area contributed by atoms with Gasteiger partial charge in [-0.25, -0.2) is 0 Å². The molecule has 0 aliphatic carbocycles. The van der Waals surface area contributed by atoms with E-state index in [1.54, 1.807) is 24.1 Å². The first kappa shape index (κ1) is 14.7. The fourth-order valence-corrected chi connectivity index (χ4v) is 2.90. The molecule has 2 heterocycles. The van der Waals surface area contributed by atoms with E-state index in [1.165, 1.54) is 31.2 Å². The number of nitrogens with zero attached hydrogens (tertiary/aromatic N) is 2. The van der Waals surface area contributed by atoms with Gasteiger partial charge in [-0.1, -0.05) is 12.1 Å². The average Bonchev–Trinajstić information content (AvgIpc) is 3.10. The highest BCUT2D eigenvalue weighted by molar-refractivity contribution is 5.91. The lowest BCUT2D eigenvalue weighted by atomic mass is 10.1. The summed E-state index contributed by atoms with van der Waals surface area (Å²) in [5.41, 5.74) is 2.41. The summed E-state index contributed by atoms with van der Waals surface area (Å²) in [6.45, 7) is 2.88. The highest BCUT2D eigenvalue weighted by atomic mass is 16.3. The number of carbonyl (C=O) groups excluding carboxylic acids is 1. The van der Waals surface area contributed by atoms with Crippen LogP contribution >= 0.6 is 0 Å². The lowest BCUT2D eigenvalue weighted by Crippen LogP contribution is -2.29. The van der Waals surface area contributed by atoms with Crippen molar-refractivity contribution in [1.82, 2.24) is 4.90 Å². The lowest BCUT2D eigenvalue weighted by molar-refractivity contribution is 0.0753. The minimum absolute atomic E-state index is 0.0925. The van der Waals surface area contributed by atoms with Crippen LogP contribution < -0.4 is 4.90 Å². The normalized spacial score (nSPS) is 14.9. The molecule has 1 aliphatic heterocycles. The SMILES string of the molecule is CN(Cc1ccc(N2CCCCC2)cc1)C(=O)c1ccco1. The topological polar surface area (TPSA) is 36.7 Å². The molecule has 0 spiro atoms. The molecule has 0 saturated carbocycles. The van der Waals surface area contributed by atoms with Gasteiger partial charge in [-0.05, 0) is 49.1 Å². The molecule has 116 valence electrons. The van der Waals surface area contributed by atoms with E-state index in [4.69, 9.17) is 4.42 Å². The first-order valence-electron chi connectivity index (χ1n) is 7.87. The highest BCUT2D eigenvalue weighted by Gasteiger charge is 2.15. The molecule has 4 heteroatoms. The summed E-state index contributed by atoms with van der Waals surface area (Å²) in [5, 5.41) is 0. The van der Waals surface area contributed by atoms with E-state index in [1.807, 2.05) is 0 Å². The summed E-state index contributed by atoms with van der Waals surface area (Å²) in [7, 11) is 1.80. The van der Waals surface area contributed by atoms with Crippen LogP contribution in [0.15, 0.2) is 47.1 Å². The zero-order chi connectivity index (χ0) is 15.4. The molecule has 1 fully saturated rings. The Hall–Kier alpha value is -2.23. The quantitative estimate of drug-likeness (QED) is 0.866. The van der Waals surface area contributed by atoms with Gasteiger partial charge in [-0.15, -0.1) is 0 Å². The largest absolute Gasteiger partial charge is 0.459 e. The molecule has 0 N–H and O–H groups in total. The molecule has 1 amide bonds. The van der Waals surface area contributed by atoms with Gasteiger partial charge in [0.25, 0.3) is 5.91 Å². The van der Waals surface area contributed by atoms with Gasteiger partial charge in [0.05, 0.1) is 6.26 Å². The predicted molar refractivity (Wildman–Crippen MR) is 87.0 cm³/mol. The minimum Gasteiger partial charge on any atom is -0.459 e. The van der Waals surface area contributed by atoms with Crippen molar-refractivity contribution in [2.45, 2.75) is 25.8 Å². The van der Waals surface area contributed by atoms with E-state index in [-0.39, 0.29) is 5.91 Å². The van der Waals surface area contributed by atoms with Gasteiger partial charge in [0, 0.05) is 32.4 Å². The molecular weight excluding hydrogens is 276 g/mol. The van der Waals surface area contributed by atoms with Crippen LogP contribution in [0.25, 0.3) is 0 Å². The van der Waals surface area contributed by atoms with E-state index >= 15 is 0 Å². The number of hydrogen-bond donors (Lipinski definition) is 0. The molecule has 22 heavy (non-hydrogen) atoms. The maximum atomic E-state index is 12.1. The molecular formula is C18H22N2O2. The molecule has 1 aliphatic rings. The second-order valence-corrected chi connectivity index (χ2v) is 5.85. The molecule has 0 radical (unpaired) electrons. The molecule has 1 aromatic carbocycles. The van der Waals surface area contributed by atoms with E-state index in [2.05, 4.69) is 29.2 Å². The molecule has 0 bridgehead atoms. The predicted octanol–water partition coefficient (Wildman–Crippen LogP) is 3.54. The monoisotopic (exact) mass is 298 g/mol.